The van der Waals surface area contributed by atoms with Gasteiger partial charge in [-0.15, -0.1) is 0 Å². The van der Waals surface area contributed by atoms with Crippen LogP contribution in [0.5, 0.6) is 17.2 Å². The summed E-state index contributed by atoms with van der Waals surface area (Å²) in [6.07, 6.45) is 3.88. The molecular formula is C21H24N2O3S. The molecule has 142 valence electrons. The molecule has 0 bridgehead atoms. The summed E-state index contributed by atoms with van der Waals surface area (Å²) in [5.74, 6) is 3.47. The van der Waals surface area contributed by atoms with E-state index in [1.54, 1.807) is 14.2 Å². The minimum atomic E-state index is -0.0324. The number of fused-ring (bicyclic) bond motifs is 3. The largest absolute Gasteiger partial charge is 0.493 e. The van der Waals surface area contributed by atoms with Crippen molar-refractivity contribution in [1.29, 1.82) is 0 Å². The van der Waals surface area contributed by atoms with Crippen molar-refractivity contribution in [2.24, 2.45) is 5.10 Å². The molecule has 0 saturated heterocycles. The molecule has 2 atom stereocenters. The lowest BCUT2D eigenvalue weighted by atomic mass is 9.96. The van der Waals surface area contributed by atoms with Gasteiger partial charge in [0.05, 0.1) is 26.0 Å². The molecule has 0 saturated carbocycles. The van der Waals surface area contributed by atoms with Crippen LogP contribution in [0.1, 0.15) is 30.0 Å². The van der Waals surface area contributed by atoms with Crippen LogP contribution in [0, 0.1) is 0 Å². The second-order valence-electron chi connectivity index (χ2n) is 6.61. The molecule has 2 aromatic carbocycles. The number of hydrogen-bond donors (Lipinski definition) is 0. The Balaban J connectivity index is 1.68. The van der Waals surface area contributed by atoms with E-state index in [1.165, 1.54) is 5.56 Å². The Morgan fingerprint density at radius 3 is 2.74 bits per heavy atom. The van der Waals surface area contributed by atoms with E-state index in [2.05, 4.69) is 29.5 Å². The second-order valence-corrected chi connectivity index (χ2v) is 7.59. The predicted molar refractivity (Wildman–Crippen MR) is 109 cm³/mol. The Morgan fingerprint density at radius 1 is 1.15 bits per heavy atom. The summed E-state index contributed by atoms with van der Waals surface area (Å²) in [4.78, 5) is 0. The van der Waals surface area contributed by atoms with E-state index in [0.717, 1.165) is 47.1 Å². The number of thioether (sulfide) groups is 1. The second kappa shape index (κ2) is 7.72. The molecule has 27 heavy (non-hydrogen) atoms. The van der Waals surface area contributed by atoms with Gasteiger partial charge in [-0.1, -0.05) is 18.2 Å². The Bertz CT molecular complexity index is 855. The van der Waals surface area contributed by atoms with E-state index in [4.69, 9.17) is 19.3 Å². The third kappa shape index (κ3) is 3.34. The monoisotopic (exact) mass is 384 g/mol. The summed E-state index contributed by atoms with van der Waals surface area (Å²) in [6.45, 7) is 0. The number of nitrogens with zero attached hydrogens (tertiary/aromatic N) is 2. The van der Waals surface area contributed by atoms with Crippen molar-refractivity contribution in [1.82, 2.24) is 5.01 Å². The van der Waals surface area contributed by atoms with Crippen molar-refractivity contribution >= 4 is 17.5 Å². The maximum Gasteiger partial charge on any atom is 0.188 e. The van der Waals surface area contributed by atoms with Gasteiger partial charge in [0.25, 0.3) is 0 Å². The minimum Gasteiger partial charge on any atom is -0.493 e. The molecule has 4 rings (SSSR count). The van der Waals surface area contributed by atoms with Crippen LogP contribution in [-0.4, -0.2) is 43.2 Å². The van der Waals surface area contributed by atoms with Crippen molar-refractivity contribution in [3.63, 3.8) is 0 Å². The molecule has 2 heterocycles. The molecule has 0 aliphatic carbocycles. The van der Waals surface area contributed by atoms with Gasteiger partial charge in [-0.25, -0.2) is 0 Å². The SMILES string of the molecule is COc1ccc(C2=NN3C(CCSC)Oc4ccccc4C3C2)cc1OC. The van der Waals surface area contributed by atoms with E-state index < -0.39 is 0 Å². The van der Waals surface area contributed by atoms with Crippen molar-refractivity contribution in [2.75, 3.05) is 26.2 Å². The van der Waals surface area contributed by atoms with Crippen LogP contribution in [-0.2, 0) is 0 Å². The molecule has 0 radical (unpaired) electrons. The van der Waals surface area contributed by atoms with Crippen molar-refractivity contribution in [3.8, 4) is 17.2 Å². The lowest BCUT2D eigenvalue weighted by molar-refractivity contribution is -0.0180. The number of benzene rings is 2. The molecule has 6 heteroatoms. The van der Waals surface area contributed by atoms with Crippen LogP contribution < -0.4 is 14.2 Å². The lowest BCUT2D eigenvalue weighted by Crippen LogP contribution is -2.40. The molecule has 0 fully saturated rings. The Morgan fingerprint density at radius 2 is 1.96 bits per heavy atom. The zero-order valence-electron chi connectivity index (χ0n) is 15.8. The van der Waals surface area contributed by atoms with Crippen LogP contribution in [0.15, 0.2) is 47.6 Å². The molecule has 2 aliphatic heterocycles. The molecular weight excluding hydrogens is 360 g/mol. The highest BCUT2D eigenvalue weighted by Crippen LogP contribution is 2.44. The topological polar surface area (TPSA) is 43.3 Å². The molecule has 5 nitrogen and oxygen atoms in total. The Hall–Kier alpha value is -2.34. The smallest absolute Gasteiger partial charge is 0.188 e. The third-order valence-electron chi connectivity index (χ3n) is 5.06. The molecule has 0 spiro atoms. The highest BCUT2D eigenvalue weighted by Gasteiger charge is 2.39. The minimum absolute atomic E-state index is 0.0324. The van der Waals surface area contributed by atoms with Crippen LogP contribution in [0.2, 0.25) is 0 Å². The molecule has 2 aliphatic rings. The standard InChI is InChI=1S/C21H24N2O3S/c1-24-19-9-8-14(12-20(19)25-2)16-13-17-15-6-4-5-7-18(15)26-21(10-11-27-3)23(17)22-16/h4-9,12,17,21H,10-11,13H2,1-3H3. The van der Waals surface area contributed by atoms with Crippen molar-refractivity contribution in [2.45, 2.75) is 25.1 Å². The highest BCUT2D eigenvalue weighted by molar-refractivity contribution is 7.98. The predicted octanol–water partition coefficient (Wildman–Crippen LogP) is 4.33. The van der Waals surface area contributed by atoms with Crippen LogP contribution in [0.4, 0.5) is 0 Å². The lowest BCUT2D eigenvalue weighted by Gasteiger charge is -2.38. The summed E-state index contributed by atoms with van der Waals surface area (Å²) >= 11 is 1.83. The van der Waals surface area contributed by atoms with Gasteiger partial charge in [-0.05, 0) is 36.3 Å². The van der Waals surface area contributed by atoms with E-state index in [9.17, 15) is 0 Å². The fourth-order valence-electron chi connectivity index (χ4n) is 3.71. The summed E-state index contributed by atoms with van der Waals surface area (Å²) in [6, 6.07) is 14.5. The molecule has 0 N–H and O–H groups in total. The van der Waals surface area contributed by atoms with Crippen LogP contribution in [0.3, 0.4) is 0 Å². The zero-order valence-corrected chi connectivity index (χ0v) is 16.7. The van der Waals surface area contributed by atoms with Gasteiger partial charge in [-0.2, -0.15) is 16.9 Å². The highest BCUT2D eigenvalue weighted by atomic mass is 32.2. The fraction of sp³-hybridized carbons (Fsp3) is 0.381. The first-order valence-electron chi connectivity index (χ1n) is 9.08. The van der Waals surface area contributed by atoms with E-state index in [0.29, 0.717) is 0 Å². The summed E-state index contributed by atoms with van der Waals surface area (Å²) < 4.78 is 17.1. The molecule has 2 unspecified atom stereocenters. The van der Waals surface area contributed by atoms with Gasteiger partial charge in [0.2, 0.25) is 0 Å². The first-order chi connectivity index (χ1) is 13.2. The summed E-state index contributed by atoms with van der Waals surface area (Å²) in [5, 5.41) is 7.11. The van der Waals surface area contributed by atoms with Gasteiger partial charge < -0.3 is 14.2 Å². The number of rotatable bonds is 6. The molecule has 2 aromatic rings. The van der Waals surface area contributed by atoms with Gasteiger partial charge in [0.15, 0.2) is 17.7 Å². The maximum atomic E-state index is 6.27. The third-order valence-corrected chi connectivity index (χ3v) is 5.71. The van der Waals surface area contributed by atoms with Crippen molar-refractivity contribution in [3.05, 3.63) is 53.6 Å². The number of ether oxygens (including phenoxy) is 3. The number of para-hydroxylation sites is 1. The Labute approximate surface area is 164 Å². The first kappa shape index (κ1) is 18.0. The summed E-state index contributed by atoms with van der Waals surface area (Å²) in [5.41, 5.74) is 3.32. The zero-order chi connectivity index (χ0) is 18.8. The average Bonchev–Trinajstić information content (AvgIpc) is 3.17. The van der Waals surface area contributed by atoms with Gasteiger partial charge in [0.1, 0.15) is 5.75 Å². The summed E-state index contributed by atoms with van der Waals surface area (Å²) in [7, 11) is 3.30. The van der Waals surface area contributed by atoms with Gasteiger partial charge >= 0.3 is 0 Å². The van der Waals surface area contributed by atoms with Crippen LogP contribution in [0.25, 0.3) is 0 Å². The number of hydrogen-bond acceptors (Lipinski definition) is 6. The van der Waals surface area contributed by atoms with Gasteiger partial charge in [0, 0.05) is 24.0 Å². The number of methoxy groups -OCH3 is 2. The first-order valence-corrected chi connectivity index (χ1v) is 10.5. The van der Waals surface area contributed by atoms with Crippen LogP contribution >= 0.6 is 11.8 Å². The molecule has 0 amide bonds. The quantitative estimate of drug-likeness (QED) is 0.742. The maximum absolute atomic E-state index is 6.27. The van der Waals surface area contributed by atoms with E-state index >= 15 is 0 Å². The fourth-order valence-corrected chi connectivity index (χ4v) is 4.15. The normalized spacial score (nSPS) is 20.4. The number of hydrazone groups is 1. The van der Waals surface area contributed by atoms with Gasteiger partial charge in [-0.3, -0.25) is 5.01 Å². The Kier molecular flexibility index (Phi) is 5.16. The molecule has 0 aromatic heterocycles. The van der Waals surface area contributed by atoms with Crippen molar-refractivity contribution < 1.29 is 14.2 Å². The van der Waals surface area contributed by atoms with E-state index in [1.807, 2.05) is 36.0 Å². The van der Waals surface area contributed by atoms with E-state index in [-0.39, 0.29) is 12.3 Å². The average molecular weight is 385 g/mol.